The summed E-state index contributed by atoms with van der Waals surface area (Å²) in [6, 6.07) is 0.315. The molecule has 116 valence electrons. The summed E-state index contributed by atoms with van der Waals surface area (Å²) in [5, 5.41) is 3.93. The van der Waals surface area contributed by atoms with Crippen molar-refractivity contribution in [2.75, 3.05) is 6.26 Å². The van der Waals surface area contributed by atoms with Crippen LogP contribution in [0.1, 0.15) is 67.9 Å². The molecule has 1 saturated carbocycles. The Bertz CT molecular complexity index is 471. The van der Waals surface area contributed by atoms with E-state index < -0.39 is 0 Å². The second-order valence-electron chi connectivity index (χ2n) is 5.63. The lowest BCUT2D eigenvalue weighted by atomic mass is 10.1. The third-order valence-corrected chi connectivity index (χ3v) is 4.51. The van der Waals surface area contributed by atoms with Crippen LogP contribution in [-0.2, 0) is 6.42 Å². The van der Waals surface area contributed by atoms with Gasteiger partial charge in [-0.25, -0.2) is 9.97 Å². The van der Waals surface area contributed by atoms with Gasteiger partial charge in [-0.15, -0.1) is 0 Å². The van der Waals surface area contributed by atoms with Crippen LogP contribution in [0, 0.1) is 0 Å². The molecule has 1 aromatic heterocycles. The number of thioether (sulfide) groups is 1. The van der Waals surface area contributed by atoms with Crippen molar-refractivity contribution in [3.05, 3.63) is 17.5 Å². The highest BCUT2D eigenvalue weighted by Gasteiger charge is 2.19. The smallest absolute Gasteiger partial charge is 0.254 e. The van der Waals surface area contributed by atoms with E-state index in [9.17, 15) is 4.79 Å². The van der Waals surface area contributed by atoms with Gasteiger partial charge in [0, 0.05) is 12.2 Å². The van der Waals surface area contributed by atoms with Crippen LogP contribution in [0.15, 0.2) is 11.4 Å². The molecule has 0 radical (unpaired) electrons. The van der Waals surface area contributed by atoms with Gasteiger partial charge in [0.15, 0.2) is 5.16 Å². The molecule has 1 aliphatic carbocycles. The van der Waals surface area contributed by atoms with Gasteiger partial charge in [0.25, 0.3) is 5.91 Å². The first-order chi connectivity index (χ1) is 10.2. The van der Waals surface area contributed by atoms with Crippen LogP contribution in [0.25, 0.3) is 0 Å². The van der Waals surface area contributed by atoms with Gasteiger partial charge in [-0.3, -0.25) is 4.79 Å². The van der Waals surface area contributed by atoms with Crippen molar-refractivity contribution < 1.29 is 4.79 Å². The Hall–Kier alpha value is -1.10. The van der Waals surface area contributed by atoms with E-state index in [1.54, 1.807) is 6.20 Å². The fourth-order valence-corrected chi connectivity index (χ4v) is 3.16. The molecule has 1 aliphatic rings. The first-order valence-electron chi connectivity index (χ1n) is 7.95. The van der Waals surface area contributed by atoms with Gasteiger partial charge in [0.05, 0.1) is 11.3 Å². The molecule has 0 aliphatic heterocycles. The second kappa shape index (κ2) is 8.37. The SMILES string of the molecule is CCCc1nc(SC)ncc1C(=O)NC1CCCCCC1. The van der Waals surface area contributed by atoms with Gasteiger partial charge < -0.3 is 5.32 Å². The third-order valence-electron chi connectivity index (χ3n) is 3.95. The van der Waals surface area contributed by atoms with Gasteiger partial charge in [0.2, 0.25) is 0 Å². The van der Waals surface area contributed by atoms with E-state index in [1.165, 1.54) is 37.4 Å². The maximum absolute atomic E-state index is 12.5. The maximum atomic E-state index is 12.5. The summed E-state index contributed by atoms with van der Waals surface area (Å²) < 4.78 is 0. The molecule has 21 heavy (non-hydrogen) atoms. The predicted octanol–water partition coefficient (Wildman–Crippen LogP) is 3.60. The normalized spacial score (nSPS) is 16.5. The van der Waals surface area contributed by atoms with E-state index >= 15 is 0 Å². The van der Waals surface area contributed by atoms with Crippen molar-refractivity contribution in [2.24, 2.45) is 0 Å². The molecule has 4 nitrogen and oxygen atoms in total. The Balaban J connectivity index is 2.09. The molecule has 1 N–H and O–H groups in total. The molecule has 0 aromatic carbocycles. The summed E-state index contributed by atoms with van der Waals surface area (Å²) in [6.45, 7) is 2.11. The molecule has 1 heterocycles. The lowest BCUT2D eigenvalue weighted by Gasteiger charge is -2.17. The molecular weight excluding hydrogens is 282 g/mol. The van der Waals surface area contributed by atoms with Crippen LogP contribution in [0.3, 0.4) is 0 Å². The number of carbonyl (C=O) groups excluding carboxylic acids is 1. The Morgan fingerprint density at radius 2 is 2.05 bits per heavy atom. The largest absolute Gasteiger partial charge is 0.349 e. The molecular formula is C16H25N3OS. The number of rotatable bonds is 5. The summed E-state index contributed by atoms with van der Waals surface area (Å²) in [7, 11) is 0. The van der Waals surface area contributed by atoms with Crippen molar-refractivity contribution in [1.82, 2.24) is 15.3 Å². The number of nitrogens with zero attached hydrogens (tertiary/aromatic N) is 2. The van der Waals surface area contributed by atoms with Crippen molar-refractivity contribution >= 4 is 17.7 Å². The average Bonchev–Trinajstić information content (AvgIpc) is 2.76. The Morgan fingerprint density at radius 3 is 2.67 bits per heavy atom. The molecule has 0 atom stereocenters. The lowest BCUT2D eigenvalue weighted by Crippen LogP contribution is -2.35. The predicted molar refractivity (Wildman–Crippen MR) is 86.8 cm³/mol. The van der Waals surface area contributed by atoms with Crippen LogP contribution in [-0.4, -0.2) is 28.2 Å². The molecule has 0 spiro atoms. The highest BCUT2D eigenvalue weighted by molar-refractivity contribution is 7.98. The van der Waals surface area contributed by atoms with Crippen molar-refractivity contribution in [1.29, 1.82) is 0 Å². The number of aryl methyl sites for hydroxylation is 1. The highest BCUT2D eigenvalue weighted by Crippen LogP contribution is 2.19. The zero-order chi connectivity index (χ0) is 15.1. The molecule has 0 saturated heterocycles. The summed E-state index contributed by atoms with van der Waals surface area (Å²) in [5.74, 6) is -0.00185. The first-order valence-corrected chi connectivity index (χ1v) is 9.17. The minimum absolute atomic E-state index is 0.00185. The van der Waals surface area contributed by atoms with Crippen LogP contribution in [0.5, 0.6) is 0 Å². The van der Waals surface area contributed by atoms with E-state index in [-0.39, 0.29) is 5.91 Å². The van der Waals surface area contributed by atoms with Gasteiger partial charge in [-0.1, -0.05) is 50.8 Å². The molecule has 5 heteroatoms. The van der Waals surface area contributed by atoms with Crippen LogP contribution >= 0.6 is 11.8 Å². The summed E-state index contributed by atoms with van der Waals surface area (Å²) >= 11 is 1.51. The number of hydrogen-bond donors (Lipinski definition) is 1. The second-order valence-corrected chi connectivity index (χ2v) is 6.40. The van der Waals surface area contributed by atoms with E-state index in [1.807, 2.05) is 6.26 Å². The third kappa shape index (κ3) is 4.70. The number of hydrogen-bond acceptors (Lipinski definition) is 4. The van der Waals surface area contributed by atoms with Crippen LogP contribution in [0.4, 0.5) is 0 Å². The van der Waals surface area contributed by atoms with Crippen molar-refractivity contribution in [2.45, 2.75) is 69.5 Å². The Morgan fingerprint density at radius 1 is 1.33 bits per heavy atom. The van der Waals surface area contributed by atoms with Gasteiger partial charge in [0.1, 0.15) is 0 Å². The Kier molecular flexibility index (Phi) is 6.49. The monoisotopic (exact) mass is 307 g/mol. The zero-order valence-electron chi connectivity index (χ0n) is 13.0. The van der Waals surface area contributed by atoms with Crippen molar-refractivity contribution in [3.8, 4) is 0 Å². The molecule has 1 aromatic rings. The fraction of sp³-hybridized carbons (Fsp3) is 0.688. The Labute approximate surface area is 131 Å². The van der Waals surface area contributed by atoms with E-state index in [2.05, 4.69) is 22.2 Å². The summed E-state index contributed by atoms with van der Waals surface area (Å²) in [5.41, 5.74) is 1.53. The lowest BCUT2D eigenvalue weighted by molar-refractivity contribution is 0.0931. The molecule has 0 bridgehead atoms. The van der Waals surface area contributed by atoms with Crippen LogP contribution in [0.2, 0.25) is 0 Å². The van der Waals surface area contributed by atoms with E-state index in [4.69, 9.17) is 0 Å². The van der Waals surface area contributed by atoms with Crippen LogP contribution < -0.4 is 5.32 Å². The van der Waals surface area contributed by atoms with E-state index in [0.717, 1.165) is 36.5 Å². The molecule has 1 amide bonds. The first kappa shape index (κ1) is 16.3. The number of nitrogens with one attached hydrogen (secondary N) is 1. The zero-order valence-corrected chi connectivity index (χ0v) is 13.8. The number of amides is 1. The molecule has 2 rings (SSSR count). The molecule has 1 fully saturated rings. The van der Waals surface area contributed by atoms with Gasteiger partial charge in [-0.05, 0) is 25.5 Å². The quantitative estimate of drug-likeness (QED) is 0.513. The number of aromatic nitrogens is 2. The van der Waals surface area contributed by atoms with Gasteiger partial charge in [-0.2, -0.15) is 0 Å². The fourth-order valence-electron chi connectivity index (χ4n) is 2.80. The van der Waals surface area contributed by atoms with E-state index in [0.29, 0.717) is 11.6 Å². The highest BCUT2D eigenvalue weighted by atomic mass is 32.2. The summed E-state index contributed by atoms with van der Waals surface area (Å²) in [6.07, 6.45) is 12.7. The average molecular weight is 307 g/mol. The topological polar surface area (TPSA) is 54.9 Å². The molecule has 0 unspecified atom stereocenters. The van der Waals surface area contributed by atoms with Gasteiger partial charge >= 0.3 is 0 Å². The maximum Gasteiger partial charge on any atom is 0.254 e. The summed E-state index contributed by atoms with van der Waals surface area (Å²) in [4.78, 5) is 21.3. The minimum Gasteiger partial charge on any atom is -0.349 e. The minimum atomic E-state index is -0.00185. The standard InChI is InChI=1S/C16H25N3OS/c1-3-8-14-13(11-17-16(19-14)21-2)15(20)18-12-9-6-4-5-7-10-12/h11-12H,3-10H2,1-2H3,(H,18,20). The van der Waals surface area contributed by atoms with Crippen molar-refractivity contribution in [3.63, 3.8) is 0 Å². The number of carbonyl (C=O) groups is 1.